The van der Waals surface area contributed by atoms with Crippen molar-refractivity contribution in [2.24, 2.45) is 0 Å². The number of fused-ring (bicyclic) bond motifs is 1. The van der Waals surface area contributed by atoms with Crippen LogP contribution in [0.5, 0.6) is 0 Å². The predicted molar refractivity (Wildman–Crippen MR) is 138 cm³/mol. The maximum Gasteiger partial charge on any atom is 0.251 e. The molecule has 1 amide bonds. The Labute approximate surface area is 210 Å². The van der Waals surface area contributed by atoms with E-state index < -0.39 is 11.7 Å². The topological polar surface area (TPSA) is 96.6 Å². The van der Waals surface area contributed by atoms with Crippen molar-refractivity contribution in [2.75, 3.05) is 19.8 Å². The van der Waals surface area contributed by atoms with E-state index in [0.717, 1.165) is 29.5 Å². The summed E-state index contributed by atoms with van der Waals surface area (Å²) in [6.45, 7) is 3.04. The third-order valence-electron chi connectivity index (χ3n) is 6.77. The first-order valence-corrected chi connectivity index (χ1v) is 12.4. The fraction of sp³-hybridized carbons (Fsp3) is 0.310. The standard InChI is InChI=1S/C29H31N3O4/c1-20(33)19-30-27(34)21-12-13-25-26(18-21)32(24-14-16-36-17-15-24)28(31-25)29(35,22-8-4-2-5-9-22)23-10-6-3-7-11-23/h2-13,18,20,24,33,35H,14-17,19H2,1H3,(H,30,34)/t20-/m1/s1. The highest BCUT2D eigenvalue weighted by atomic mass is 16.5. The minimum absolute atomic E-state index is 0.0495. The van der Waals surface area contributed by atoms with E-state index in [4.69, 9.17) is 9.72 Å². The summed E-state index contributed by atoms with van der Waals surface area (Å²) in [6.07, 6.45) is 0.913. The molecule has 186 valence electrons. The summed E-state index contributed by atoms with van der Waals surface area (Å²) < 4.78 is 7.74. The molecule has 0 spiro atoms. The van der Waals surface area contributed by atoms with Gasteiger partial charge in [-0.05, 0) is 49.1 Å². The van der Waals surface area contributed by atoms with Gasteiger partial charge in [0.05, 0.1) is 17.1 Å². The van der Waals surface area contributed by atoms with Gasteiger partial charge in [0, 0.05) is 31.4 Å². The van der Waals surface area contributed by atoms with E-state index in [1.807, 2.05) is 72.8 Å². The SMILES string of the molecule is C[C@@H](O)CNC(=O)c1ccc2nc(C(O)(c3ccccc3)c3ccccc3)n(C3CCOCC3)c2c1. The second-order valence-electron chi connectivity index (χ2n) is 9.35. The second kappa shape index (κ2) is 10.2. The number of carbonyl (C=O) groups is 1. The lowest BCUT2D eigenvalue weighted by atomic mass is 9.85. The lowest BCUT2D eigenvalue weighted by Crippen LogP contribution is -2.34. The van der Waals surface area contributed by atoms with Crippen LogP contribution in [0.25, 0.3) is 11.0 Å². The van der Waals surface area contributed by atoms with Crippen molar-refractivity contribution >= 4 is 16.9 Å². The minimum atomic E-state index is -1.51. The first-order chi connectivity index (χ1) is 17.5. The fourth-order valence-electron chi connectivity index (χ4n) is 4.93. The van der Waals surface area contributed by atoms with Crippen molar-refractivity contribution < 1.29 is 19.7 Å². The maximum atomic E-state index is 12.8. The van der Waals surface area contributed by atoms with E-state index in [0.29, 0.717) is 30.1 Å². The molecule has 0 aliphatic carbocycles. The van der Waals surface area contributed by atoms with Crippen LogP contribution < -0.4 is 5.32 Å². The van der Waals surface area contributed by atoms with Gasteiger partial charge in [0.2, 0.25) is 0 Å². The van der Waals surface area contributed by atoms with Gasteiger partial charge in [-0.2, -0.15) is 0 Å². The summed E-state index contributed by atoms with van der Waals surface area (Å²) in [4.78, 5) is 17.8. The van der Waals surface area contributed by atoms with E-state index in [1.165, 1.54) is 0 Å². The smallest absolute Gasteiger partial charge is 0.251 e. The molecule has 0 bridgehead atoms. The van der Waals surface area contributed by atoms with Gasteiger partial charge in [-0.3, -0.25) is 4.79 Å². The van der Waals surface area contributed by atoms with Crippen molar-refractivity contribution in [2.45, 2.75) is 37.5 Å². The maximum absolute atomic E-state index is 12.8. The van der Waals surface area contributed by atoms with E-state index in [9.17, 15) is 15.0 Å². The third-order valence-corrected chi connectivity index (χ3v) is 6.77. The Hall–Kier alpha value is -3.52. The number of nitrogens with one attached hydrogen (secondary N) is 1. The molecule has 36 heavy (non-hydrogen) atoms. The molecule has 5 rings (SSSR count). The first kappa shape index (κ1) is 24.2. The number of imidazole rings is 1. The van der Waals surface area contributed by atoms with Crippen LogP contribution in [-0.2, 0) is 10.3 Å². The van der Waals surface area contributed by atoms with Gasteiger partial charge in [0.15, 0.2) is 11.4 Å². The Morgan fingerprint density at radius 3 is 2.25 bits per heavy atom. The number of carbonyl (C=O) groups excluding carboxylic acids is 1. The quantitative estimate of drug-likeness (QED) is 0.370. The summed E-state index contributed by atoms with van der Waals surface area (Å²) >= 11 is 0. The zero-order valence-electron chi connectivity index (χ0n) is 20.3. The normalized spacial score (nSPS) is 15.6. The Morgan fingerprint density at radius 1 is 1.06 bits per heavy atom. The highest BCUT2D eigenvalue weighted by molar-refractivity contribution is 5.97. The van der Waals surface area contributed by atoms with Crippen molar-refractivity contribution in [3.05, 3.63) is 101 Å². The highest BCUT2D eigenvalue weighted by Gasteiger charge is 2.40. The zero-order chi connectivity index (χ0) is 25.1. The summed E-state index contributed by atoms with van der Waals surface area (Å²) in [6, 6.07) is 24.6. The average Bonchev–Trinajstić information content (AvgIpc) is 3.32. The van der Waals surface area contributed by atoms with Crippen LogP contribution in [0.1, 0.15) is 53.1 Å². The van der Waals surface area contributed by atoms with Crippen LogP contribution in [0.3, 0.4) is 0 Å². The lowest BCUT2D eigenvalue weighted by molar-refractivity contribution is 0.0617. The number of hydrogen-bond acceptors (Lipinski definition) is 5. The molecular formula is C29H31N3O4. The molecule has 1 aromatic heterocycles. The average molecular weight is 486 g/mol. The van der Waals surface area contributed by atoms with Gasteiger partial charge in [-0.15, -0.1) is 0 Å². The largest absolute Gasteiger partial charge is 0.392 e. The van der Waals surface area contributed by atoms with Crippen LogP contribution in [0.2, 0.25) is 0 Å². The summed E-state index contributed by atoms with van der Waals surface area (Å²) in [7, 11) is 0. The van der Waals surface area contributed by atoms with E-state index in [2.05, 4.69) is 9.88 Å². The van der Waals surface area contributed by atoms with Gasteiger partial charge in [-0.1, -0.05) is 60.7 Å². The Kier molecular flexibility index (Phi) is 6.87. The second-order valence-corrected chi connectivity index (χ2v) is 9.35. The van der Waals surface area contributed by atoms with Crippen LogP contribution >= 0.6 is 0 Å². The van der Waals surface area contributed by atoms with Crippen LogP contribution in [0.15, 0.2) is 78.9 Å². The Bertz CT molecular complexity index is 1290. The van der Waals surface area contributed by atoms with Gasteiger partial charge < -0.3 is 24.8 Å². The third kappa shape index (κ3) is 4.53. The van der Waals surface area contributed by atoms with Gasteiger partial charge in [-0.25, -0.2) is 4.98 Å². The van der Waals surface area contributed by atoms with Crippen LogP contribution in [-0.4, -0.2) is 51.5 Å². The number of aliphatic hydroxyl groups is 2. The molecule has 1 fully saturated rings. The number of rotatable bonds is 7. The van der Waals surface area contributed by atoms with Crippen LogP contribution in [0, 0.1) is 0 Å². The molecule has 3 N–H and O–H groups in total. The van der Waals surface area contributed by atoms with E-state index in [-0.39, 0.29) is 18.5 Å². The van der Waals surface area contributed by atoms with Crippen molar-refractivity contribution in [1.29, 1.82) is 0 Å². The predicted octanol–water partition coefficient (Wildman–Crippen LogP) is 3.78. The molecule has 1 aliphatic heterocycles. The molecule has 2 heterocycles. The summed E-state index contributed by atoms with van der Waals surface area (Å²) in [5.41, 5.74) is 1.89. The number of hydrogen-bond donors (Lipinski definition) is 3. The van der Waals surface area contributed by atoms with E-state index >= 15 is 0 Å². The number of ether oxygens (including phenoxy) is 1. The van der Waals surface area contributed by atoms with Crippen molar-refractivity contribution in [1.82, 2.24) is 14.9 Å². The number of benzene rings is 3. The van der Waals surface area contributed by atoms with Gasteiger partial charge in [0.25, 0.3) is 5.91 Å². The molecule has 0 radical (unpaired) electrons. The summed E-state index contributed by atoms with van der Waals surface area (Å²) in [5, 5.41) is 24.9. The highest BCUT2D eigenvalue weighted by Crippen LogP contribution is 2.40. The number of amides is 1. The minimum Gasteiger partial charge on any atom is -0.392 e. The Balaban J connectivity index is 1.73. The first-order valence-electron chi connectivity index (χ1n) is 12.4. The number of aliphatic hydroxyl groups excluding tert-OH is 1. The van der Waals surface area contributed by atoms with Gasteiger partial charge in [0.1, 0.15) is 0 Å². The zero-order valence-corrected chi connectivity index (χ0v) is 20.3. The monoisotopic (exact) mass is 485 g/mol. The molecule has 0 saturated carbocycles. The van der Waals surface area contributed by atoms with Crippen LogP contribution in [0.4, 0.5) is 0 Å². The molecule has 4 aromatic rings. The van der Waals surface area contributed by atoms with Crippen molar-refractivity contribution in [3.8, 4) is 0 Å². The molecule has 7 heteroatoms. The van der Waals surface area contributed by atoms with Gasteiger partial charge >= 0.3 is 0 Å². The molecule has 1 aliphatic rings. The Morgan fingerprint density at radius 2 is 1.67 bits per heavy atom. The molecule has 1 atom stereocenters. The number of aromatic nitrogens is 2. The molecular weight excluding hydrogens is 454 g/mol. The molecule has 1 saturated heterocycles. The fourth-order valence-corrected chi connectivity index (χ4v) is 4.93. The molecule has 3 aromatic carbocycles. The van der Waals surface area contributed by atoms with E-state index in [1.54, 1.807) is 13.0 Å². The molecule has 0 unspecified atom stereocenters. The summed E-state index contributed by atoms with van der Waals surface area (Å²) in [5.74, 6) is 0.254. The van der Waals surface area contributed by atoms with Crippen molar-refractivity contribution in [3.63, 3.8) is 0 Å². The number of nitrogens with zero attached hydrogens (tertiary/aromatic N) is 2. The lowest BCUT2D eigenvalue weighted by Gasteiger charge is -2.33. The molecule has 7 nitrogen and oxygen atoms in total.